The largest absolute Gasteiger partial charge is 0.373 e. The molecule has 6 rings (SSSR count). The fraction of sp³-hybridized carbons (Fsp3) is 0.591. The van der Waals surface area contributed by atoms with Crippen molar-refractivity contribution in [2.45, 2.75) is 56.2 Å². The standard InChI is InChI=1S/C22H26N4O3S2/c1-21(2)10-12-13(11-30-21)18(25-6-8-29-9-7-25)23-20-15(12)16-17(31-20)19(28)24-22(3)5-4-14(27)26(16)22/h4-11H2,1-3H3,(H,24,28)/p+1/t22-/m1/s1. The molecule has 2 amide bonds. The number of aromatic amines is 1. The number of ether oxygens (including phenoxy) is 1. The molecule has 7 nitrogen and oxygen atoms in total. The van der Waals surface area contributed by atoms with Gasteiger partial charge in [0.15, 0.2) is 4.83 Å². The number of fused-ring (bicyclic) bond motifs is 7. The maximum absolute atomic E-state index is 13.1. The van der Waals surface area contributed by atoms with Crippen molar-refractivity contribution >= 4 is 56.6 Å². The fourth-order valence-corrected chi connectivity index (χ4v) is 7.63. The van der Waals surface area contributed by atoms with E-state index in [4.69, 9.17) is 4.74 Å². The van der Waals surface area contributed by atoms with Crippen LogP contribution in [-0.2, 0) is 21.7 Å². The number of hydrogen-bond donors (Lipinski definition) is 1. The van der Waals surface area contributed by atoms with Crippen molar-refractivity contribution < 1.29 is 19.3 Å². The van der Waals surface area contributed by atoms with E-state index in [2.05, 4.69) is 29.0 Å². The number of carbonyl (C=O) groups excluding carboxylic acids is 2. The van der Waals surface area contributed by atoms with Crippen LogP contribution in [0.2, 0.25) is 0 Å². The van der Waals surface area contributed by atoms with Crippen LogP contribution in [0.5, 0.6) is 0 Å². The Kier molecular flexibility index (Phi) is 4.21. The lowest BCUT2D eigenvalue weighted by molar-refractivity contribution is -0.328. The Morgan fingerprint density at radius 1 is 1.13 bits per heavy atom. The van der Waals surface area contributed by atoms with Crippen LogP contribution in [0.25, 0.3) is 10.2 Å². The zero-order valence-electron chi connectivity index (χ0n) is 18.1. The quantitative estimate of drug-likeness (QED) is 0.710. The number of thiophene rings is 1. The lowest BCUT2D eigenvalue weighted by Crippen LogP contribution is -2.59. The summed E-state index contributed by atoms with van der Waals surface area (Å²) >= 11 is 3.46. The summed E-state index contributed by atoms with van der Waals surface area (Å²) in [4.78, 5) is 35.7. The number of anilines is 2. The molecule has 9 heteroatoms. The van der Waals surface area contributed by atoms with E-state index in [1.165, 1.54) is 22.5 Å². The van der Waals surface area contributed by atoms with Crippen LogP contribution in [-0.4, -0.2) is 48.5 Å². The molecule has 1 atom stereocenters. The molecule has 2 saturated heterocycles. The average molecular weight is 460 g/mol. The summed E-state index contributed by atoms with van der Waals surface area (Å²) < 4.78 is 5.69. The summed E-state index contributed by atoms with van der Waals surface area (Å²) in [6.45, 7) is 9.71. The minimum Gasteiger partial charge on any atom is -0.373 e. The van der Waals surface area contributed by atoms with Crippen molar-refractivity contribution in [3.05, 3.63) is 16.0 Å². The van der Waals surface area contributed by atoms with Gasteiger partial charge in [-0.3, -0.25) is 19.4 Å². The lowest BCUT2D eigenvalue weighted by Gasteiger charge is -2.40. The van der Waals surface area contributed by atoms with Crippen molar-refractivity contribution in [2.24, 2.45) is 0 Å². The second-order valence-corrected chi connectivity index (χ2v) is 12.4. The first kappa shape index (κ1) is 19.8. The number of H-pyrrole nitrogens is 1. The van der Waals surface area contributed by atoms with Gasteiger partial charge in [0.05, 0.1) is 29.9 Å². The van der Waals surface area contributed by atoms with Crippen LogP contribution in [0.3, 0.4) is 0 Å². The second-order valence-electron chi connectivity index (χ2n) is 9.70. The predicted octanol–water partition coefficient (Wildman–Crippen LogP) is 2.71. The van der Waals surface area contributed by atoms with E-state index >= 15 is 0 Å². The lowest BCUT2D eigenvalue weighted by atomic mass is 9.93. The molecule has 2 fully saturated rings. The van der Waals surface area contributed by atoms with Crippen molar-refractivity contribution in [3.8, 4) is 0 Å². The molecule has 0 bridgehead atoms. The van der Waals surface area contributed by atoms with Crippen molar-refractivity contribution in [3.63, 3.8) is 0 Å². The van der Waals surface area contributed by atoms with Gasteiger partial charge in [0.25, 0.3) is 11.7 Å². The summed E-state index contributed by atoms with van der Waals surface area (Å²) in [5.41, 5.74) is 2.81. The van der Waals surface area contributed by atoms with Gasteiger partial charge in [-0.1, -0.05) is 25.2 Å². The molecule has 4 aliphatic heterocycles. The Labute approximate surface area is 189 Å². The number of thioether (sulfide) groups is 1. The number of carbonyl (C=O) groups is 2. The maximum Gasteiger partial charge on any atom is 0.280 e. The van der Waals surface area contributed by atoms with Crippen LogP contribution in [0, 0.1) is 0 Å². The van der Waals surface area contributed by atoms with Crippen LogP contribution < -0.4 is 20.1 Å². The zero-order valence-corrected chi connectivity index (χ0v) is 19.7. The molecule has 31 heavy (non-hydrogen) atoms. The van der Waals surface area contributed by atoms with Gasteiger partial charge in [-0.05, 0) is 25.3 Å². The molecule has 164 valence electrons. The third-order valence-electron chi connectivity index (χ3n) is 6.99. The van der Waals surface area contributed by atoms with Crippen LogP contribution in [0.4, 0.5) is 11.5 Å². The summed E-state index contributed by atoms with van der Waals surface area (Å²) in [7, 11) is 0. The highest BCUT2D eigenvalue weighted by molar-refractivity contribution is 7.99. The van der Waals surface area contributed by atoms with E-state index in [1.807, 2.05) is 23.6 Å². The molecule has 0 radical (unpaired) electrons. The number of amides is 2. The molecular weight excluding hydrogens is 432 g/mol. The van der Waals surface area contributed by atoms with Gasteiger partial charge in [-0.2, -0.15) is 11.8 Å². The molecule has 0 aromatic carbocycles. The second kappa shape index (κ2) is 6.59. The van der Waals surface area contributed by atoms with Gasteiger partial charge in [0.2, 0.25) is 5.91 Å². The van der Waals surface area contributed by atoms with E-state index in [-0.39, 0.29) is 16.6 Å². The Morgan fingerprint density at radius 2 is 1.90 bits per heavy atom. The molecule has 6 heterocycles. The highest BCUT2D eigenvalue weighted by atomic mass is 32.2. The van der Waals surface area contributed by atoms with Gasteiger partial charge in [-0.15, -0.1) is 0 Å². The van der Waals surface area contributed by atoms with Gasteiger partial charge < -0.3 is 10.1 Å². The van der Waals surface area contributed by atoms with Gasteiger partial charge in [0.1, 0.15) is 23.6 Å². The monoisotopic (exact) mass is 459 g/mol. The molecule has 2 N–H and O–H groups in total. The van der Waals surface area contributed by atoms with Crippen molar-refractivity contribution in [1.29, 1.82) is 0 Å². The number of hydrogen-bond acceptors (Lipinski definition) is 6. The fourth-order valence-electron chi connectivity index (χ4n) is 5.43. The van der Waals surface area contributed by atoms with Crippen molar-refractivity contribution in [2.75, 3.05) is 36.1 Å². The smallest absolute Gasteiger partial charge is 0.280 e. The first-order valence-electron chi connectivity index (χ1n) is 10.9. The minimum absolute atomic E-state index is 0.0656. The van der Waals surface area contributed by atoms with Gasteiger partial charge >= 0.3 is 0 Å². The SMILES string of the molecule is CC1(C)Cc2c(c(N3CCOCC3)[nH+]c3sc4c(c23)N2C(=O)CC[C@]2(C)NC4=O)CS1. The first-order valence-corrected chi connectivity index (χ1v) is 12.7. The Morgan fingerprint density at radius 3 is 2.68 bits per heavy atom. The van der Waals surface area contributed by atoms with E-state index in [9.17, 15) is 9.59 Å². The Bertz CT molecular complexity index is 1140. The topological polar surface area (TPSA) is 76.0 Å². The summed E-state index contributed by atoms with van der Waals surface area (Å²) in [6.07, 6.45) is 2.03. The zero-order chi connectivity index (χ0) is 21.5. The van der Waals surface area contributed by atoms with Crippen LogP contribution in [0.15, 0.2) is 0 Å². The normalized spacial score (nSPS) is 27.2. The number of morpholine rings is 1. The maximum atomic E-state index is 13.1. The summed E-state index contributed by atoms with van der Waals surface area (Å²) in [5, 5.41) is 4.19. The molecule has 2 aromatic heterocycles. The van der Waals surface area contributed by atoms with Crippen molar-refractivity contribution in [1.82, 2.24) is 5.32 Å². The van der Waals surface area contributed by atoms with Crippen LogP contribution in [0.1, 0.15) is 54.4 Å². The number of pyridine rings is 1. The molecule has 4 aliphatic rings. The highest BCUT2D eigenvalue weighted by Gasteiger charge is 2.51. The molecule has 0 aliphatic carbocycles. The van der Waals surface area contributed by atoms with Crippen LogP contribution >= 0.6 is 23.1 Å². The third kappa shape index (κ3) is 2.85. The Hall–Kier alpha value is -1.84. The molecule has 0 unspecified atom stereocenters. The molecule has 0 spiro atoms. The molecule has 2 aromatic rings. The van der Waals surface area contributed by atoms with Gasteiger partial charge in [0, 0.05) is 16.9 Å². The minimum atomic E-state index is -0.635. The summed E-state index contributed by atoms with van der Waals surface area (Å²) in [6, 6.07) is 0. The van der Waals surface area contributed by atoms with E-state index in [1.54, 1.807) is 0 Å². The highest BCUT2D eigenvalue weighted by Crippen LogP contribution is 2.51. The number of aromatic nitrogens is 1. The number of nitrogens with one attached hydrogen (secondary N) is 2. The van der Waals surface area contributed by atoms with E-state index in [0.29, 0.717) is 17.7 Å². The summed E-state index contributed by atoms with van der Waals surface area (Å²) in [5.74, 6) is 2.11. The third-order valence-corrected chi connectivity index (χ3v) is 9.44. The average Bonchev–Trinajstić information content (AvgIpc) is 3.25. The molecule has 0 saturated carbocycles. The number of rotatable bonds is 1. The first-order chi connectivity index (χ1) is 14.8. The molecular formula is C22H27N4O3S2+. The predicted molar refractivity (Wildman–Crippen MR) is 123 cm³/mol. The Balaban J connectivity index is 1.64. The van der Waals surface area contributed by atoms with E-state index < -0.39 is 5.66 Å². The van der Waals surface area contributed by atoms with E-state index in [0.717, 1.165) is 60.2 Å². The number of nitrogens with zero attached hydrogens (tertiary/aromatic N) is 2. The van der Waals surface area contributed by atoms with Gasteiger partial charge in [-0.25, -0.2) is 4.98 Å².